The monoisotopic (exact) mass is 305 g/mol. The smallest absolute Gasteiger partial charge is 0.191 e. The van der Waals surface area contributed by atoms with Crippen LogP contribution in [0.4, 0.5) is 4.39 Å². The number of ether oxygens (including phenoxy) is 1. The number of aliphatic imine (C=N–C) groups is 1. The van der Waals surface area contributed by atoms with Crippen LogP contribution in [0.2, 0.25) is 0 Å². The van der Waals surface area contributed by atoms with Crippen LogP contribution in [-0.2, 0) is 11.3 Å². The Kier molecular flexibility index (Phi) is 6.90. The molecule has 0 saturated carbocycles. The first-order chi connectivity index (χ1) is 10.8. The van der Waals surface area contributed by atoms with Gasteiger partial charge < -0.3 is 15.4 Å². The van der Waals surface area contributed by atoms with Gasteiger partial charge in [-0.2, -0.15) is 0 Å². The fourth-order valence-corrected chi connectivity index (χ4v) is 2.27. The van der Waals surface area contributed by atoms with Gasteiger partial charge in [0, 0.05) is 18.7 Å². The maximum Gasteiger partial charge on any atom is 0.191 e. The van der Waals surface area contributed by atoms with Crippen molar-refractivity contribution in [1.29, 1.82) is 0 Å². The number of hydrogen-bond donors (Lipinski definition) is 2. The summed E-state index contributed by atoms with van der Waals surface area (Å²) in [6.07, 6.45) is 4.13. The summed E-state index contributed by atoms with van der Waals surface area (Å²) >= 11 is 0. The van der Waals surface area contributed by atoms with Crippen molar-refractivity contribution in [3.8, 4) is 0 Å². The SMILES string of the molecule is CCNC(=NCc1ccccc1F)NCCC1=CCOCC1. The molecule has 0 spiro atoms. The summed E-state index contributed by atoms with van der Waals surface area (Å²) in [7, 11) is 0. The quantitative estimate of drug-likeness (QED) is 0.482. The van der Waals surface area contributed by atoms with Crippen LogP contribution in [0.15, 0.2) is 40.9 Å². The van der Waals surface area contributed by atoms with Crippen molar-refractivity contribution in [3.05, 3.63) is 47.3 Å². The van der Waals surface area contributed by atoms with Gasteiger partial charge in [0.05, 0.1) is 19.8 Å². The maximum absolute atomic E-state index is 13.6. The summed E-state index contributed by atoms with van der Waals surface area (Å²) in [5.41, 5.74) is 2.02. The Morgan fingerprint density at radius 3 is 2.91 bits per heavy atom. The van der Waals surface area contributed by atoms with Gasteiger partial charge in [-0.05, 0) is 25.8 Å². The predicted molar refractivity (Wildman–Crippen MR) is 87.4 cm³/mol. The summed E-state index contributed by atoms with van der Waals surface area (Å²) < 4.78 is 18.9. The average Bonchev–Trinajstić information content (AvgIpc) is 2.55. The molecule has 0 saturated heterocycles. The molecule has 0 aromatic heterocycles. The third kappa shape index (κ3) is 5.48. The topological polar surface area (TPSA) is 45.7 Å². The number of nitrogens with zero attached hydrogens (tertiary/aromatic N) is 1. The lowest BCUT2D eigenvalue weighted by Crippen LogP contribution is -2.38. The van der Waals surface area contributed by atoms with Crippen LogP contribution in [0.1, 0.15) is 25.3 Å². The van der Waals surface area contributed by atoms with Gasteiger partial charge in [-0.25, -0.2) is 9.38 Å². The van der Waals surface area contributed by atoms with Crippen LogP contribution in [0.25, 0.3) is 0 Å². The minimum atomic E-state index is -0.213. The van der Waals surface area contributed by atoms with Crippen LogP contribution < -0.4 is 10.6 Å². The molecule has 2 N–H and O–H groups in total. The Hall–Kier alpha value is -1.88. The summed E-state index contributed by atoms with van der Waals surface area (Å²) in [5.74, 6) is 0.507. The zero-order valence-electron chi connectivity index (χ0n) is 13.1. The Bertz CT molecular complexity index is 528. The third-order valence-electron chi connectivity index (χ3n) is 3.51. The van der Waals surface area contributed by atoms with Gasteiger partial charge in [-0.3, -0.25) is 0 Å². The molecule has 0 atom stereocenters. The van der Waals surface area contributed by atoms with Crippen molar-refractivity contribution in [3.63, 3.8) is 0 Å². The highest BCUT2D eigenvalue weighted by Gasteiger charge is 2.05. The molecular weight excluding hydrogens is 281 g/mol. The van der Waals surface area contributed by atoms with E-state index >= 15 is 0 Å². The second kappa shape index (κ2) is 9.20. The van der Waals surface area contributed by atoms with E-state index in [1.807, 2.05) is 13.0 Å². The summed E-state index contributed by atoms with van der Waals surface area (Å²) in [4.78, 5) is 4.44. The minimum Gasteiger partial charge on any atom is -0.377 e. The third-order valence-corrected chi connectivity index (χ3v) is 3.51. The molecule has 1 aliphatic heterocycles. The lowest BCUT2D eigenvalue weighted by Gasteiger charge is -2.15. The van der Waals surface area contributed by atoms with Crippen molar-refractivity contribution in [2.75, 3.05) is 26.3 Å². The van der Waals surface area contributed by atoms with E-state index in [1.165, 1.54) is 11.6 Å². The fraction of sp³-hybridized carbons (Fsp3) is 0.471. The number of nitrogens with one attached hydrogen (secondary N) is 2. The largest absolute Gasteiger partial charge is 0.377 e. The van der Waals surface area contributed by atoms with Gasteiger partial charge in [0.25, 0.3) is 0 Å². The molecule has 0 unspecified atom stereocenters. The van der Waals surface area contributed by atoms with Gasteiger partial charge in [-0.15, -0.1) is 0 Å². The first-order valence-corrected chi connectivity index (χ1v) is 7.81. The number of rotatable bonds is 6. The van der Waals surface area contributed by atoms with E-state index in [1.54, 1.807) is 12.1 Å². The summed E-state index contributed by atoms with van der Waals surface area (Å²) in [6.45, 7) is 5.47. The van der Waals surface area contributed by atoms with Crippen LogP contribution in [0.3, 0.4) is 0 Å². The molecule has 1 aliphatic rings. The number of halogens is 1. The molecule has 1 aromatic rings. The van der Waals surface area contributed by atoms with Gasteiger partial charge in [0.15, 0.2) is 5.96 Å². The molecule has 2 rings (SSSR count). The average molecular weight is 305 g/mol. The highest BCUT2D eigenvalue weighted by Crippen LogP contribution is 2.11. The first-order valence-electron chi connectivity index (χ1n) is 7.81. The normalized spacial score (nSPS) is 15.4. The zero-order valence-corrected chi connectivity index (χ0v) is 13.1. The molecule has 0 radical (unpaired) electrons. The van der Waals surface area contributed by atoms with Crippen LogP contribution >= 0.6 is 0 Å². The van der Waals surface area contributed by atoms with E-state index in [0.29, 0.717) is 12.1 Å². The molecular formula is C17H24FN3O. The van der Waals surface area contributed by atoms with Crippen molar-refractivity contribution < 1.29 is 9.13 Å². The van der Waals surface area contributed by atoms with E-state index < -0.39 is 0 Å². The number of hydrogen-bond acceptors (Lipinski definition) is 2. The van der Waals surface area contributed by atoms with E-state index in [9.17, 15) is 4.39 Å². The molecule has 5 heteroatoms. The lowest BCUT2D eigenvalue weighted by molar-refractivity contribution is 0.153. The van der Waals surface area contributed by atoms with Crippen molar-refractivity contribution >= 4 is 5.96 Å². The van der Waals surface area contributed by atoms with Crippen LogP contribution in [0.5, 0.6) is 0 Å². The molecule has 22 heavy (non-hydrogen) atoms. The Balaban J connectivity index is 1.84. The van der Waals surface area contributed by atoms with Crippen molar-refractivity contribution in [1.82, 2.24) is 10.6 Å². The van der Waals surface area contributed by atoms with Gasteiger partial charge in [0.1, 0.15) is 5.82 Å². The molecule has 1 aromatic carbocycles. The van der Waals surface area contributed by atoms with E-state index in [2.05, 4.69) is 21.7 Å². The number of benzene rings is 1. The van der Waals surface area contributed by atoms with Gasteiger partial charge in [0.2, 0.25) is 0 Å². The highest BCUT2D eigenvalue weighted by atomic mass is 19.1. The Labute approximate surface area is 131 Å². The summed E-state index contributed by atoms with van der Waals surface area (Å²) in [6, 6.07) is 6.73. The zero-order chi connectivity index (χ0) is 15.6. The summed E-state index contributed by atoms with van der Waals surface area (Å²) in [5, 5.41) is 6.47. The Morgan fingerprint density at radius 2 is 2.18 bits per heavy atom. The maximum atomic E-state index is 13.6. The second-order valence-corrected chi connectivity index (χ2v) is 5.15. The minimum absolute atomic E-state index is 0.213. The van der Waals surface area contributed by atoms with Crippen molar-refractivity contribution in [2.45, 2.75) is 26.3 Å². The molecule has 1 heterocycles. The van der Waals surface area contributed by atoms with Crippen LogP contribution in [-0.4, -0.2) is 32.3 Å². The molecule has 4 nitrogen and oxygen atoms in total. The lowest BCUT2D eigenvalue weighted by atomic mass is 10.1. The van der Waals surface area contributed by atoms with Gasteiger partial charge in [-0.1, -0.05) is 29.8 Å². The second-order valence-electron chi connectivity index (χ2n) is 5.15. The van der Waals surface area contributed by atoms with Gasteiger partial charge >= 0.3 is 0 Å². The first kappa shape index (κ1) is 16.5. The molecule has 0 aliphatic carbocycles. The molecule has 0 bridgehead atoms. The predicted octanol–water partition coefficient (Wildman–Crippen LogP) is 2.62. The fourth-order valence-electron chi connectivity index (χ4n) is 2.27. The van der Waals surface area contributed by atoms with E-state index in [-0.39, 0.29) is 5.82 Å². The molecule has 120 valence electrons. The van der Waals surface area contributed by atoms with Crippen LogP contribution in [0, 0.1) is 5.82 Å². The highest BCUT2D eigenvalue weighted by molar-refractivity contribution is 5.79. The molecule has 0 fully saturated rings. The molecule has 0 amide bonds. The standard InChI is InChI=1S/C17H24FN3O/c1-2-19-17(20-10-7-14-8-11-22-12-9-14)21-13-15-5-3-4-6-16(15)18/h3-6,8H,2,7,9-13H2,1H3,(H2,19,20,21). The number of guanidine groups is 1. The van der Waals surface area contributed by atoms with Crippen molar-refractivity contribution in [2.24, 2.45) is 4.99 Å². The van der Waals surface area contributed by atoms with E-state index in [0.717, 1.165) is 45.1 Å². The van der Waals surface area contributed by atoms with E-state index in [4.69, 9.17) is 4.74 Å². The Morgan fingerprint density at radius 1 is 1.32 bits per heavy atom.